The molecule has 0 aliphatic heterocycles. The molecule has 3 rings (SSSR count). The predicted molar refractivity (Wildman–Crippen MR) is 83.0 cm³/mol. The van der Waals surface area contributed by atoms with Gasteiger partial charge in [0, 0.05) is 25.2 Å². The van der Waals surface area contributed by atoms with Gasteiger partial charge in [-0.1, -0.05) is 12.2 Å². The first kappa shape index (κ1) is 14.0. The molecule has 0 atom stereocenters. The maximum Gasteiger partial charge on any atom is 0.123 e. The molecule has 2 N–H and O–H groups in total. The van der Waals surface area contributed by atoms with Crippen LogP contribution in [-0.2, 0) is 6.54 Å². The number of benzene rings is 1. The highest BCUT2D eigenvalue weighted by atomic mass is 32.1. The molecule has 0 bridgehead atoms. The van der Waals surface area contributed by atoms with Crippen LogP contribution in [-0.4, -0.2) is 23.0 Å². The third kappa shape index (κ3) is 3.76. The Morgan fingerprint density at radius 1 is 1.20 bits per heavy atom. The van der Waals surface area contributed by atoms with Gasteiger partial charge >= 0.3 is 0 Å². The minimum absolute atomic E-state index is 0.210. The molecule has 0 unspecified atom stereocenters. The number of rotatable bonds is 7. The van der Waals surface area contributed by atoms with E-state index in [9.17, 15) is 4.39 Å². The van der Waals surface area contributed by atoms with Crippen LogP contribution < -0.4 is 5.73 Å². The standard InChI is InChI=1S/C16H21FN2S/c17-14-5-6-15(16(18)20)13(7-14)10-19(8-11-1-2-11)9-12-3-4-12/h5-7,11-12H,1-4,8-10H2,(H2,18,20). The number of hydrogen-bond donors (Lipinski definition) is 1. The molecule has 0 saturated heterocycles. The summed E-state index contributed by atoms with van der Waals surface area (Å²) in [5, 5.41) is 0. The van der Waals surface area contributed by atoms with E-state index in [2.05, 4.69) is 4.90 Å². The Morgan fingerprint density at radius 3 is 2.30 bits per heavy atom. The van der Waals surface area contributed by atoms with Crippen LogP contribution in [0.2, 0.25) is 0 Å². The van der Waals surface area contributed by atoms with Gasteiger partial charge in [0.05, 0.1) is 0 Å². The smallest absolute Gasteiger partial charge is 0.123 e. The second-order valence-electron chi connectivity index (χ2n) is 6.25. The fourth-order valence-corrected chi connectivity index (χ4v) is 2.91. The van der Waals surface area contributed by atoms with Gasteiger partial charge in [0.15, 0.2) is 0 Å². The van der Waals surface area contributed by atoms with Crippen molar-refractivity contribution < 1.29 is 4.39 Å². The van der Waals surface area contributed by atoms with Crippen molar-refractivity contribution in [3.05, 3.63) is 35.1 Å². The van der Waals surface area contributed by atoms with E-state index in [0.717, 1.165) is 42.6 Å². The lowest BCUT2D eigenvalue weighted by Gasteiger charge is -2.23. The van der Waals surface area contributed by atoms with E-state index in [1.807, 2.05) is 0 Å². The number of nitrogens with two attached hydrogens (primary N) is 1. The highest BCUT2D eigenvalue weighted by molar-refractivity contribution is 7.80. The Hall–Kier alpha value is -1.00. The maximum atomic E-state index is 13.5. The molecule has 4 heteroatoms. The van der Waals surface area contributed by atoms with Gasteiger partial charge in [0.25, 0.3) is 0 Å². The van der Waals surface area contributed by atoms with Crippen molar-refractivity contribution in [1.82, 2.24) is 4.90 Å². The highest BCUT2D eigenvalue weighted by Crippen LogP contribution is 2.34. The summed E-state index contributed by atoms with van der Waals surface area (Å²) in [6, 6.07) is 4.73. The minimum Gasteiger partial charge on any atom is -0.389 e. The summed E-state index contributed by atoms with van der Waals surface area (Å²) < 4.78 is 13.5. The second kappa shape index (κ2) is 5.78. The first-order valence-corrected chi connectivity index (χ1v) is 7.83. The third-order valence-electron chi connectivity index (χ3n) is 4.15. The van der Waals surface area contributed by atoms with Crippen molar-refractivity contribution in [2.45, 2.75) is 32.2 Å². The van der Waals surface area contributed by atoms with Crippen LogP contribution in [0.4, 0.5) is 4.39 Å². The zero-order valence-electron chi connectivity index (χ0n) is 11.6. The first-order valence-electron chi connectivity index (χ1n) is 7.42. The van der Waals surface area contributed by atoms with E-state index in [1.165, 1.54) is 31.7 Å². The lowest BCUT2D eigenvalue weighted by molar-refractivity contribution is 0.244. The molecule has 20 heavy (non-hydrogen) atoms. The number of thiocarbonyl (C=S) groups is 1. The molecule has 1 aromatic carbocycles. The van der Waals surface area contributed by atoms with Crippen LogP contribution in [0.3, 0.4) is 0 Å². The van der Waals surface area contributed by atoms with Crippen LogP contribution >= 0.6 is 12.2 Å². The average molecular weight is 292 g/mol. The van der Waals surface area contributed by atoms with Gasteiger partial charge in [-0.25, -0.2) is 4.39 Å². The molecule has 0 radical (unpaired) electrons. The van der Waals surface area contributed by atoms with Gasteiger partial charge in [0.2, 0.25) is 0 Å². The van der Waals surface area contributed by atoms with Crippen molar-refractivity contribution in [2.75, 3.05) is 13.1 Å². The molecule has 2 aliphatic carbocycles. The Morgan fingerprint density at radius 2 is 1.80 bits per heavy atom. The molecule has 2 nitrogen and oxygen atoms in total. The lowest BCUT2D eigenvalue weighted by Crippen LogP contribution is -2.29. The van der Waals surface area contributed by atoms with E-state index in [4.69, 9.17) is 18.0 Å². The summed E-state index contributed by atoms with van der Waals surface area (Å²) >= 11 is 5.08. The molecular weight excluding hydrogens is 271 g/mol. The van der Waals surface area contributed by atoms with Gasteiger partial charge in [-0.3, -0.25) is 4.90 Å². The van der Waals surface area contributed by atoms with Crippen LogP contribution in [0.15, 0.2) is 18.2 Å². The summed E-state index contributed by atoms with van der Waals surface area (Å²) in [5.74, 6) is 1.48. The van der Waals surface area contributed by atoms with E-state index in [1.54, 1.807) is 12.1 Å². The van der Waals surface area contributed by atoms with Gasteiger partial charge < -0.3 is 5.73 Å². The predicted octanol–water partition coefficient (Wildman–Crippen LogP) is 3.08. The zero-order chi connectivity index (χ0) is 14.1. The number of halogens is 1. The zero-order valence-corrected chi connectivity index (χ0v) is 12.5. The van der Waals surface area contributed by atoms with E-state index >= 15 is 0 Å². The van der Waals surface area contributed by atoms with Crippen LogP contribution in [0.5, 0.6) is 0 Å². The largest absolute Gasteiger partial charge is 0.389 e. The molecule has 2 saturated carbocycles. The quantitative estimate of drug-likeness (QED) is 0.783. The molecular formula is C16H21FN2S. The molecule has 108 valence electrons. The maximum absolute atomic E-state index is 13.5. The minimum atomic E-state index is -0.210. The van der Waals surface area contributed by atoms with Crippen molar-refractivity contribution in [3.8, 4) is 0 Å². The van der Waals surface area contributed by atoms with Crippen LogP contribution in [0.1, 0.15) is 36.8 Å². The third-order valence-corrected chi connectivity index (χ3v) is 4.37. The molecule has 0 amide bonds. The second-order valence-corrected chi connectivity index (χ2v) is 6.69. The van der Waals surface area contributed by atoms with Crippen LogP contribution in [0, 0.1) is 17.7 Å². The first-order chi connectivity index (χ1) is 9.61. The molecule has 2 fully saturated rings. The monoisotopic (exact) mass is 292 g/mol. The molecule has 2 aliphatic rings. The Bertz CT molecular complexity index is 495. The molecule has 0 aromatic heterocycles. The van der Waals surface area contributed by atoms with Crippen LogP contribution in [0.25, 0.3) is 0 Å². The van der Waals surface area contributed by atoms with E-state index in [-0.39, 0.29) is 5.82 Å². The fourth-order valence-electron chi connectivity index (χ4n) is 2.71. The summed E-state index contributed by atoms with van der Waals surface area (Å²) in [6.07, 6.45) is 5.36. The molecule has 0 heterocycles. The normalized spacial score (nSPS) is 18.5. The molecule has 0 spiro atoms. The Labute approximate surface area is 125 Å². The topological polar surface area (TPSA) is 29.3 Å². The summed E-state index contributed by atoms with van der Waals surface area (Å²) in [7, 11) is 0. The SMILES string of the molecule is NC(=S)c1ccc(F)cc1CN(CC1CC1)CC1CC1. The number of hydrogen-bond acceptors (Lipinski definition) is 2. The highest BCUT2D eigenvalue weighted by Gasteiger charge is 2.29. The number of nitrogens with zero attached hydrogens (tertiary/aromatic N) is 1. The van der Waals surface area contributed by atoms with Gasteiger partial charge in [-0.05, 0) is 61.3 Å². The summed E-state index contributed by atoms with van der Waals surface area (Å²) in [5.41, 5.74) is 7.51. The van der Waals surface area contributed by atoms with Crippen molar-refractivity contribution in [2.24, 2.45) is 17.6 Å². The Balaban J connectivity index is 1.74. The van der Waals surface area contributed by atoms with Crippen molar-refractivity contribution >= 4 is 17.2 Å². The van der Waals surface area contributed by atoms with Crippen molar-refractivity contribution in [3.63, 3.8) is 0 Å². The van der Waals surface area contributed by atoms with Gasteiger partial charge in [-0.15, -0.1) is 0 Å². The fraction of sp³-hybridized carbons (Fsp3) is 0.562. The Kier molecular flexibility index (Phi) is 4.03. The summed E-state index contributed by atoms with van der Waals surface area (Å²) in [4.78, 5) is 2.82. The summed E-state index contributed by atoms with van der Waals surface area (Å²) in [6.45, 7) is 3.02. The van der Waals surface area contributed by atoms with Gasteiger partial charge in [-0.2, -0.15) is 0 Å². The molecule has 1 aromatic rings. The van der Waals surface area contributed by atoms with Crippen molar-refractivity contribution in [1.29, 1.82) is 0 Å². The van der Waals surface area contributed by atoms with Gasteiger partial charge in [0.1, 0.15) is 10.8 Å². The van der Waals surface area contributed by atoms with E-state index < -0.39 is 0 Å². The average Bonchev–Trinajstić information content (AvgIpc) is 3.24. The van der Waals surface area contributed by atoms with E-state index in [0.29, 0.717) is 4.99 Å². The lowest BCUT2D eigenvalue weighted by atomic mass is 10.1.